The molecule has 8 heteroatoms. The molecule has 0 unspecified atom stereocenters. The van der Waals surface area contributed by atoms with E-state index < -0.39 is 30.1 Å². The Morgan fingerprint density at radius 3 is 2.35 bits per heavy atom. The normalized spacial score (nSPS) is 17.2. The van der Waals surface area contributed by atoms with E-state index in [2.05, 4.69) is 0 Å². The molecule has 0 saturated carbocycles. The van der Waals surface area contributed by atoms with Gasteiger partial charge in [-0.05, 0) is 82.8 Å². The Balaban J connectivity index is 1.56. The highest BCUT2D eigenvalue weighted by Crippen LogP contribution is 2.44. The summed E-state index contributed by atoms with van der Waals surface area (Å²) in [6, 6.07) is 17.5. The SMILES string of the molecule is O=C(O)c1ccc2c(c1)CCCC(c1ccccc1C(F)(F)F)=C2c1ccc(CC2(F)CN(CCCF)C2)cc1. The van der Waals surface area contributed by atoms with Gasteiger partial charge < -0.3 is 5.11 Å². The Morgan fingerprint density at radius 2 is 1.68 bits per heavy atom. The Morgan fingerprint density at radius 1 is 0.950 bits per heavy atom. The van der Waals surface area contributed by atoms with Gasteiger partial charge >= 0.3 is 12.1 Å². The van der Waals surface area contributed by atoms with E-state index >= 15 is 4.39 Å². The summed E-state index contributed by atoms with van der Waals surface area (Å²) < 4.78 is 69.9. The third-order valence-corrected chi connectivity index (χ3v) is 7.74. The Hall–Kier alpha value is -3.52. The lowest BCUT2D eigenvalue weighted by Crippen LogP contribution is -2.60. The molecule has 1 N–H and O–H groups in total. The molecule has 0 radical (unpaired) electrons. The maximum atomic E-state index is 15.2. The van der Waals surface area contributed by atoms with Gasteiger partial charge in [0.15, 0.2) is 0 Å². The molecule has 0 aromatic heterocycles. The number of rotatable bonds is 8. The minimum atomic E-state index is -4.54. The summed E-state index contributed by atoms with van der Waals surface area (Å²) in [5.41, 5.74) is 2.22. The zero-order valence-corrected chi connectivity index (χ0v) is 21.9. The molecule has 1 aliphatic carbocycles. The first-order chi connectivity index (χ1) is 19.1. The molecule has 40 heavy (non-hydrogen) atoms. The molecule has 1 aliphatic heterocycles. The maximum absolute atomic E-state index is 15.2. The zero-order valence-electron chi connectivity index (χ0n) is 21.9. The number of likely N-dealkylation sites (tertiary alicyclic amines) is 1. The van der Waals surface area contributed by atoms with Crippen molar-refractivity contribution in [1.29, 1.82) is 0 Å². The lowest BCUT2D eigenvalue weighted by Gasteiger charge is -2.44. The van der Waals surface area contributed by atoms with Crippen LogP contribution < -0.4 is 0 Å². The van der Waals surface area contributed by atoms with Crippen molar-refractivity contribution < 1.29 is 31.9 Å². The molecular formula is C32H30F5NO2. The molecule has 3 nitrogen and oxygen atoms in total. The summed E-state index contributed by atoms with van der Waals surface area (Å²) in [5.74, 6) is -1.07. The smallest absolute Gasteiger partial charge is 0.416 e. The Labute approximate surface area is 229 Å². The highest BCUT2D eigenvalue weighted by atomic mass is 19.4. The van der Waals surface area contributed by atoms with Crippen LogP contribution in [-0.2, 0) is 19.0 Å². The van der Waals surface area contributed by atoms with E-state index in [1.165, 1.54) is 18.2 Å². The molecule has 3 aromatic rings. The van der Waals surface area contributed by atoms with E-state index in [4.69, 9.17) is 0 Å². The summed E-state index contributed by atoms with van der Waals surface area (Å²) >= 11 is 0. The van der Waals surface area contributed by atoms with Crippen molar-refractivity contribution >= 4 is 17.1 Å². The number of aromatic carboxylic acids is 1. The lowest BCUT2D eigenvalue weighted by atomic mass is 9.84. The number of benzene rings is 3. The van der Waals surface area contributed by atoms with Gasteiger partial charge in [-0.15, -0.1) is 0 Å². The standard InChI is InChI=1S/C32H30F5NO2/c33-15-4-16-38-19-31(34,20-38)18-21-9-11-22(12-10-21)29-25-14-13-24(30(39)40)17-23(25)5-3-7-27(29)26-6-1-2-8-28(26)32(35,36)37/h1-2,6,8-14,17H,3-5,7,15-16,18-20H2,(H,39,40). The van der Waals surface area contributed by atoms with Crippen molar-refractivity contribution in [1.82, 2.24) is 4.90 Å². The predicted molar refractivity (Wildman–Crippen MR) is 145 cm³/mol. The second-order valence-electron chi connectivity index (χ2n) is 10.7. The fraction of sp³-hybridized carbons (Fsp3) is 0.344. The fourth-order valence-corrected chi connectivity index (χ4v) is 5.98. The molecule has 0 amide bonds. The molecule has 0 spiro atoms. The number of hydrogen-bond donors (Lipinski definition) is 1. The molecule has 5 rings (SSSR count). The number of hydrogen-bond acceptors (Lipinski definition) is 2. The number of fused-ring (bicyclic) bond motifs is 1. The molecule has 1 heterocycles. The highest BCUT2D eigenvalue weighted by molar-refractivity contribution is 6.01. The Kier molecular flexibility index (Phi) is 7.82. The highest BCUT2D eigenvalue weighted by Gasteiger charge is 2.43. The van der Waals surface area contributed by atoms with Crippen LogP contribution in [-0.4, -0.2) is 48.0 Å². The zero-order chi connectivity index (χ0) is 28.5. The number of alkyl halides is 5. The van der Waals surface area contributed by atoms with Gasteiger partial charge in [-0.25, -0.2) is 9.18 Å². The number of carbonyl (C=O) groups is 1. The number of carboxylic acid groups (broad SMARTS) is 1. The predicted octanol–water partition coefficient (Wildman–Crippen LogP) is 7.63. The van der Waals surface area contributed by atoms with Crippen LogP contribution in [0, 0.1) is 0 Å². The second kappa shape index (κ2) is 11.2. The number of aryl methyl sites for hydroxylation is 1. The molecule has 0 bridgehead atoms. The van der Waals surface area contributed by atoms with Crippen LogP contribution in [0.15, 0.2) is 66.7 Å². The molecule has 210 valence electrons. The third-order valence-electron chi connectivity index (χ3n) is 7.74. The summed E-state index contributed by atoms with van der Waals surface area (Å²) in [6.07, 6.45) is -2.50. The summed E-state index contributed by atoms with van der Waals surface area (Å²) in [7, 11) is 0. The number of carboxylic acids is 1. The summed E-state index contributed by atoms with van der Waals surface area (Å²) in [6.45, 7) is 0.596. The van der Waals surface area contributed by atoms with E-state index in [0.717, 1.165) is 17.2 Å². The molecule has 0 atom stereocenters. The van der Waals surface area contributed by atoms with Gasteiger partial charge in [0, 0.05) is 26.1 Å². The number of nitrogens with zero attached hydrogens (tertiary/aromatic N) is 1. The average Bonchev–Trinajstić information content (AvgIpc) is 3.10. The van der Waals surface area contributed by atoms with Gasteiger partial charge in [-0.1, -0.05) is 48.5 Å². The van der Waals surface area contributed by atoms with Crippen molar-refractivity contribution in [3.8, 4) is 0 Å². The first-order valence-electron chi connectivity index (χ1n) is 13.4. The molecule has 1 fully saturated rings. The van der Waals surface area contributed by atoms with Crippen molar-refractivity contribution in [2.24, 2.45) is 0 Å². The summed E-state index contributed by atoms with van der Waals surface area (Å²) in [4.78, 5) is 13.5. The number of allylic oxidation sites excluding steroid dienone is 1. The van der Waals surface area contributed by atoms with Gasteiger partial charge in [-0.2, -0.15) is 13.2 Å². The number of halogens is 5. The van der Waals surface area contributed by atoms with E-state index in [0.29, 0.717) is 54.5 Å². The van der Waals surface area contributed by atoms with Gasteiger partial charge in [0.05, 0.1) is 17.8 Å². The van der Waals surface area contributed by atoms with Crippen LogP contribution in [0.25, 0.3) is 11.1 Å². The fourth-order valence-electron chi connectivity index (χ4n) is 5.98. The minimum absolute atomic E-state index is 0.106. The van der Waals surface area contributed by atoms with E-state index in [1.54, 1.807) is 30.3 Å². The first kappa shape index (κ1) is 28.0. The Bertz CT molecular complexity index is 1420. The van der Waals surface area contributed by atoms with Crippen molar-refractivity contribution in [2.75, 3.05) is 26.3 Å². The lowest BCUT2D eigenvalue weighted by molar-refractivity contribution is -0.137. The van der Waals surface area contributed by atoms with Crippen LogP contribution in [0.5, 0.6) is 0 Å². The van der Waals surface area contributed by atoms with Gasteiger partial charge in [0.2, 0.25) is 0 Å². The second-order valence-corrected chi connectivity index (χ2v) is 10.7. The maximum Gasteiger partial charge on any atom is 0.416 e. The minimum Gasteiger partial charge on any atom is -0.478 e. The van der Waals surface area contributed by atoms with E-state index in [-0.39, 0.29) is 30.6 Å². The monoisotopic (exact) mass is 555 g/mol. The molecule has 2 aliphatic rings. The van der Waals surface area contributed by atoms with E-state index in [9.17, 15) is 27.5 Å². The van der Waals surface area contributed by atoms with Crippen LogP contribution >= 0.6 is 0 Å². The quantitative estimate of drug-likeness (QED) is 0.291. The van der Waals surface area contributed by atoms with Crippen LogP contribution in [0.4, 0.5) is 22.0 Å². The van der Waals surface area contributed by atoms with Crippen molar-refractivity contribution in [2.45, 2.75) is 43.9 Å². The van der Waals surface area contributed by atoms with Gasteiger partial charge in [-0.3, -0.25) is 9.29 Å². The van der Waals surface area contributed by atoms with Crippen molar-refractivity contribution in [3.05, 3.63) is 106 Å². The largest absolute Gasteiger partial charge is 0.478 e. The van der Waals surface area contributed by atoms with Gasteiger partial charge in [0.25, 0.3) is 0 Å². The molecule has 1 saturated heterocycles. The summed E-state index contributed by atoms with van der Waals surface area (Å²) in [5, 5.41) is 9.52. The van der Waals surface area contributed by atoms with Gasteiger partial charge in [0.1, 0.15) is 5.67 Å². The first-order valence-corrected chi connectivity index (χ1v) is 13.4. The van der Waals surface area contributed by atoms with Crippen LogP contribution in [0.1, 0.15) is 63.0 Å². The third kappa shape index (κ3) is 5.82. The van der Waals surface area contributed by atoms with Crippen molar-refractivity contribution in [3.63, 3.8) is 0 Å². The molecule has 3 aromatic carbocycles. The van der Waals surface area contributed by atoms with Crippen LogP contribution in [0.2, 0.25) is 0 Å². The molecular weight excluding hydrogens is 525 g/mol. The van der Waals surface area contributed by atoms with E-state index in [1.807, 2.05) is 17.0 Å². The average molecular weight is 556 g/mol. The topological polar surface area (TPSA) is 40.5 Å². The van der Waals surface area contributed by atoms with Crippen LogP contribution in [0.3, 0.4) is 0 Å².